The Bertz CT molecular complexity index is 260. The van der Waals surface area contributed by atoms with Crippen LogP contribution >= 0.6 is 38.5 Å². The Morgan fingerprint density at radius 1 is 1.45 bits per heavy atom. The van der Waals surface area contributed by atoms with Gasteiger partial charge in [-0.1, -0.05) is 0 Å². The van der Waals surface area contributed by atoms with Crippen molar-refractivity contribution >= 4 is 38.5 Å². The molecule has 0 saturated heterocycles. The van der Waals surface area contributed by atoms with E-state index in [4.69, 9.17) is 0 Å². The average molecular weight is 328 g/mol. The maximum Gasteiger partial charge on any atom is 0.0862 e. The molecule has 3 heteroatoms. The van der Waals surface area contributed by atoms with E-state index < -0.39 is 0 Å². The molecule has 1 aromatic rings. The van der Waals surface area contributed by atoms with Gasteiger partial charge < -0.3 is 4.57 Å². The second-order valence-electron chi connectivity index (χ2n) is 3.52. The van der Waals surface area contributed by atoms with Crippen LogP contribution in [0, 0.1) is 3.57 Å². The smallest absolute Gasteiger partial charge is 0.0862 e. The summed E-state index contributed by atoms with van der Waals surface area (Å²) in [4.78, 5) is 0. The third-order valence-electron chi connectivity index (χ3n) is 1.46. The van der Waals surface area contributed by atoms with Gasteiger partial charge in [0, 0.05) is 15.3 Å². The van der Waals surface area contributed by atoms with Crippen molar-refractivity contribution in [2.45, 2.75) is 26.3 Å². The van der Waals surface area contributed by atoms with E-state index in [0.717, 1.165) is 4.60 Å². The molecule has 0 aliphatic heterocycles. The third kappa shape index (κ3) is 2.21. The Labute approximate surface area is 89.4 Å². The first-order valence-corrected chi connectivity index (χ1v) is 5.32. The lowest BCUT2D eigenvalue weighted by Gasteiger charge is -2.22. The second kappa shape index (κ2) is 3.09. The van der Waals surface area contributed by atoms with E-state index in [-0.39, 0.29) is 5.54 Å². The second-order valence-corrected chi connectivity index (χ2v) is 5.58. The van der Waals surface area contributed by atoms with E-state index in [9.17, 15) is 0 Å². The minimum Gasteiger partial charge on any atom is -0.336 e. The molecule has 11 heavy (non-hydrogen) atoms. The van der Waals surface area contributed by atoms with E-state index in [1.165, 1.54) is 3.57 Å². The Morgan fingerprint density at radius 3 is 2.18 bits per heavy atom. The molecule has 0 aromatic carbocycles. The fourth-order valence-electron chi connectivity index (χ4n) is 0.920. The molecule has 1 rings (SSSR count). The predicted octanol–water partition coefficient (Wildman–Crippen LogP) is 3.61. The molecule has 0 saturated carbocycles. The van der Waals surface area contributed by atoms with Gasteiger partial charge in [0.1, 0.15) is 0 Å². The third-order valence-corrected chi connectivity index (χ3v) is 2.66. The molecule has 1 nitrogen and oxygen atoms in total. The summed E-state index contributed by atoms with van der Waals surface area (Å²) in [5.74, 6) is 0. The summed E-state index contributed by atoms with van der Waals surface area (Å²) in [6.07, 6.45) is 2.14. The van der Waals surface area contributed by atoms with Crippen LogP contribution in [0.25, 0.3) is 0 Å². The van der Waals surface area contributed by atoms with Gasteiger partial charge in [-0.15, -0.1) is 0 Å². The maximum atomic E-state index is 3.51. The largest absolute Gasteiger partial charge is 0.336 e. The van der Waals surface area contributed by atoms with Crippen LogP contribution in [0.15, 0.2) is 16.9 Å². The lowest BCUT2D eigenvalue weighted by atomic mass is 10.1. The van der Waals surface area contributed by atoms with Crippen molar-refractivity contribution in [3.05, 3.63) is 20.4 Å². The SMILES string of the molecule is CC(C)(C)n1cc(I)cc1Br. The molecular formula is C8H11BrIN. The van der Waals surface area contributed by atoms with Gasteiger partial charge in [-0.05, 0) is 65.4 Å². The molecule has 0 radical (unpaired) electrons. The molecule has 0 unspecified atom stereocenters. The summed E-state index contributed by atoms with van der Waals surface area (Å²) < 4.78 is 4.63. The number of rotatable bonds is 0. The van der Waals surface area contributed by atoms with Crippen LogP contribution in [0.1, 0.15) is 20.8 Å². The van der Waals surface area contributed by atoms with Crippen LogP contribution in [-0.4, -0.2) is 4.57 Å². The van der Waals surface area contributed by atoms with E-state index in [1.807, 2.05) is 0 Å². The first kappa shape index (κ1) is 9.58. The molecule has 0 spiro atoms. The minimum atomic E-state index is 0.169. The van der Waals surface area contributed by atoms with Crippen molar-refractivity contribution in [2.24, 2.45) is 0 Å². The van der Waals surface area contributed by atoms with E-state index in [2.05, 4.69) is 76.1 Å². The zero-order chi connectivity index (χ0) is 8.65. The fourth-order valence-corrected chi connectivity index (χ4v) is 2.80. The van der Waals surface area contributed by atoms with Gasteiger partial charge in [-0.3, -0.25) is 0 Å². The van der Waals surface area contributed by atoms with Crippen LogP contribution in [0.2, 0.25) is 0 Å². The summed E-state index contributed by atoms with van der Waals surface area (Å²) >= 11 is 5.83. The van der Waals surface area contributed by atoms with Crippen LogP contribution in [0.4, 0.5) is 0 Å². The monoisotopic (exact) mass is 327 g/mol. The Kier molecular flexibility index (Phi) is 2.69. The Morgan fingerprint density at radius 2 is 2.00 bits per heavy atom. The summed E-state index contributed by atoms with van der Waals surface area (Å²) in [7, 11) is 0. The standard InChI is InChI=1S/C8H11BrIN/c1-8(2,3)11-5-6(10)4-7(11)9/h4-5H,1-3H3. The number of halogens is 2. The highest BCUT2D eigenvalue weighted by Gasteiger charge is 2.15. The van der Waals surface area contributed by atoms with Crippen LogP contribution in [-0.2, 0) is 5.54 Å². The average Bonchev–Trinajstić information content (AvgIpc) is 2.08. The van der Waals surface area contributed by atoms with Crippen LogP contribution in [0.5, 0.6) is 0 Å². The molecular weight excluding hydrogens is 317 g/mol. The predicted molar refractivity (Wildman–Crippen MR) is 59.8 cm³/mol. The highest BCUT2D eigenvalue weighted by molar-refractivity contribution is 14.1. The molecule has 1 aromatic heterocycles. The number of hydrogen-bond acceptors (Lipinski definition) is 0. The fraction of sp³-hybridized carbons (Fsp3) is 0.500. The normalized spacial score (nSPS) is 12.1. The van der Waals surface area contributed by atoms with Gasteiger partial charge in [0.15, 0.2) is 0 Å². The zero-order valence-electron chi connectivity index (χ0n) is 6.86. The lowest BCUT2D eigenvalue weighted by molar-refractivity contribution is 0.391. The van der Waals surface area contributed by atoms with Crippen molar-refractivity contribution in [3.8, 4) is 0 Å². The zero-order valence-corrected chi connectivity index (χ0v) is 10.6. The van der Waals surface area contributed by atoms with E-state index in [1.54, 1.807) is 0 Å². The molecule has 62 valence electrons. The minimum absolute atomic E-state index is 0.169. The highest BCUT2D eigenvalue weighted by Crippen LogP contribution is 2.24. The van der Waals surface area contributed by atoms with Gasteiger partial charge >= 0.3 is 0 Å². The van der Waals surface area contributed by atoms with E-state index >= 15 is 0 Å². The highest BCUT2D eigenvalue weighted by atomic mass is 127. The van der Waals surface area contributed by atoms with E-state index in [0.29, 0.717) is 0 Å². The number of aromatic nitrogens is 1. The lowest BCUT2D eigenvalue weighted by Crippen LogP contribution is -2.20. The van der Waals surface area contributed by atoms with Crippen molar-refractivity contribution < 1.29 is 0 Å². The maximum absolute atomic E-state index is 3.51. The molecule has 0 aliphatic rings. The summed E-state index contributed by atoms with van der Waals surface area (Å²) in [5.41, 5.74) is 0.169. The molecule has 0 fully saturated rings. The number of hydrogen-bond donors (Lipinski definition) is 0. The van der Waals surface area contributed by atoms with Crippen molar-refractivity contribution in [3.63, 3.8) is 0 Å². The topological polar surface area (TPSA) is 4.93 Å². The van der Waals surface area contributed by atoms with Gasteiger partial charge in [-0.2, -0.15) is 0 Å². The molecule has 0 N–H and O–H groups in total. The van der Waals surface area contributed by atoms with Crippen molar-refractivity contribution in [1.82, 2.24) is 4.57 Å². The Balaban J connectivity index is 3.13. The van der Waals surface area contributed by atoms with Crippen molar-refractivity contribution in [2.75, 3.05) is 0 Å². The Hall–Kier alpha value is 0.490. The van der Waals surface area contributed by atoms with Gasteiger partial charge in [0.2, 0.25) is 0 Å². The molecule has 0 bridgehead atoms. The number of nitrogens with zero attached hydrogens (tertiary/aromatic N) is 1. The summed E-state index contributed by atoms with van der Waals surface area (Å²) in [5, 5.41) is 0. The molecule has 0 amide bonds. The summed E-state index contributed by atoms with van der Waals surface area (Å²) in [6, 6.07) is 2.12. The first-order chi connectivity index (χ1) is 4.91. The molecule has 1 heterocycles. The van der Waals surface area contributed by atoms with Gasteiger partial charge in [0.25, 0.3) is 0 Å². The molecule has 0 atom stereocenters. The van der Waals surface area contributed by atoms with Crippen LogP contribution in [0.3, 0.4) is 0 Å². The van der Waals surface area contributed by atoms with Gasteiger partial charge in [0.05, 0.1) is 4.60 Å². The van der Waals surface area contributed by atoms with Crippen molar-refractivity contribution in [1.29, 1.82) is 0 Å². The van der Waals surface area contributed by atoms with Gasteiger partial charge in [-0.25, -0.2) is 0 Å². The quantitative estimate of drug-likeness (QED) is 0.641. The van der Waals surface area contributed by atoms with Crippen LogP contribution < -0.4 is 0 Å². The summed E-state index contributed by atoms with van der Waals surface area (Å²) in [6.45, 7) is 6.56. The molecule has 0 aliphatic carbocycles. The first-order valence-electron chi connectivity index (χ1n) is 3.45.